The first-order valence-corrected chi connectivity index (χ1v) is 8.15. The SMILES string of the molecule is [2H]C([2H])([2H])Oc1cc(N2CCC(N3CCN(C([2H])([2H])[2H])CC3)CC2)ccc1[N+](=O)[O-]. The second kappa shape index (κ2) is 7.36. The van der Waals surface area contributed by atoms with Gasteiger partial charge in [0.2, 0.25) is 0 Å². The van der Waals surface area contributed by atoms with E-state index < -0.39 is 18.9 Å². The predicted octanol–water partition coefficient (Wildman–Crippen LogP) is 1.82. The van der Waals surface area contributed by atoms with Crippen molar-refractivity contribution in [2.75, 3.05) is 58.2 Å². The van der Waals surface area contributed by atoms with Crippen LogP contribution in [0.25, 0.3) is 0 Å². The summed E-state index contributed by atoms with van der Waals surface area (Å²) in [6.45, 7) is 1.88. The van der Waals surface area contributed by atoms with Gasteiger partial charge < -0.3 is 14.5 Å². The van der Waals surface area contributed by atoms with E-state index in [0.717, 1.165) is 39.0 Å². The van der Waals surface area contributed by atoms with Crippen LogP contribution in [0.15, 0.2) is 18.2 Å². The van der Waals surface area contributed by atoms with Gasteiger partial charge >= 0.3 is 5.69 Å². The van der Waals surface area contributed by atoms with Crippen molar-refractivity contribution in [3.63, 3.8) is 0 Å². The Morgan fingerprint density at radius 1 is 1.21 bits per heavy atom. The molecule has 3 rings (SSSR count). The Morgan fingerprint density at radius 2 is 1.96 bits per heavy atom. The maximum atomic E-state index is 11.2. The lowest BCUT2D eigenvalue weighted by Crippen LogP contribution is -2.52. The normalized spacial score (nSPS) is 25.8. The Balaban J connectivity index is 1.61. The summed E-state index contributed by atoms with van der Waals surface area (Å²) in [6, 6.07) is 4.66. The summed E-state index contributed by atoms with van der Waals surface area (Å²) >= 11 is 0. The van der Waals surface area contributed by atoms with E-state index in [2.05, 4.69) is 9.80 Å². The second-order valence-corrected chi connectivity index (χ2v) is 6.25. The molecule has 24 heavy (non-hydrogen) atoms. The summed E-state index contributed by atoms with van der Waals surface area (Å²) in [6.07, 6.45) is 1.75. The van der Waals surface area contributed by atoms with Crippen molar-refractivity contribution in [3.05, 3.63) is 28.3 Å². The Bertz CT molecular complexity index is 757. The molecular weight excluding hydrogens is 308 g/mol. The molecule has 0 N–H and O–H groups in total. The number of anilines is 1. The lowest BCUT2D eigenvalue weighted by atomic mass is 10.0. The van der Waals surface area contributed by atoms with E-state index >= 15 is 0 Å². The lowest BCUT2D eigenvalue weighted by molar-refractivity contribution is -0.385. The molecule has 2 aliphatic rings. The molecule has 2 saturated heterocycles. The molecule has 0 radical (unpaired) electrons. The van der Waals surface area contributed by atoms with E-state index in [9.17, 15) is 10.1 Å². The molecule has 1 aromatic rings. The largest absolute Gasteiger partial charge is 0.490 e. The average Bonchev–Trinajstić information content (AvgIpc) is 2.66. The van der Waals surface area contributed by atoms with Gasteiger partial charge in [0.1, 0.15) is 0 Å². The summed E-state index contributed by atoms with van der Waals surface area (Å²) in [4.78, 5) is 16.4. The molecule has 0 spiro atoms. The second-order valence-electron chi connectivity index (χ2n) is 6.25. The topological polar surface area (TPSA) is 62.1 Å². The van der Waals surface area contributed by atoms with Gasteiger partial charge in [0.25, 0.3) is 0 Å². The monoisotopic (exact) mass is 340 g/mol. The zero-order valence-electron chi connectivity index (χ0n) is 19.5. The first kappa shape index (κ1) is 10.9. The van der Waals surface area contributed by atoms with Crippen molar-refractivity contribution < 1.29 is 17.9 Å². The molecule has 1 aromatic carbocycles. The number of likely N-dealkylation sites (N-methyl/N-ethyl adjacent to an activating group) is 1. The van der Waals surface area contributed by atoms with Crippen LogP contribution < -0.4 is 9.64 Å². The molecule has 2 aliphatic heterocycles. The van der Waals surface area contributed by atoms with Gasteiger partial charge in [0.15, 0.2) is 5.75 Å². The first-order chi connectivity index (χ1) is 13.9. The van der Waals surface area contributed by atoms with Crippen molar-refractivity contribution >= 4 is 11.4 Å². The average molecular weight is 340 g/mol. The van der Waals surface area contributed by atoms with Crippen molar-refractivity contribution in [1.82, 2.24) is 9.80 Å². The molecule has 7 heteroatoms. The maximum absolute atomic E-state index is 11.2. The fourth-order valence-corrected chi connectivity index (χ4v) is 3.51. The molecule has 0 unspecified atom stereocenters. The molecule has 0 atom stereocenters. The minimum Gasteiger partial charge on any atom is -0.490 e. The van der Waals surface area contributed by atoms with Gasteiger partial charge in [-0.1, -0.05) is 0 Å². The molecule has 7 nitrogen and oxygen atoms in total. The van der Waals surface area contributed by atoms with Crippen LogP contribution >= 0.6 is 0 Å². The number of nitrogens with zero attached hydrogens (tertiary/aromatic N) is 4. The molecule has 2 fully saturated rings. The van der Waals surface area contributed by atoms with Crippen LogP contribution in [0.5, 0.6) is 5.75 Å². The zero-order chi connectivity index (χ0) is 22.1. The molecule has 2 heterocycles. The number of piperazine rings is 1. The minimum atomic E-state index is -2.77. The fraction of sp³-hybridized carbons (Fsp3) is 0.647. The highest BCUT2D eigenvalue weighted by molar-refractivity contribution is 5.59. The standard InChI is InChI=1S/C17H26N4O3/c1-18-9-11-20(12-10-18)14-5-7-19(8-6-14)15-3-4-16(21(22)23)17(13-15)24-2/h3-4,13-14H,5-12H2,1-2H3/i1D3,2D3. The molecule has 0 bridgehead atoms. The van der Waals surface area contributed by atoms with E-state index in [1.54, 1.807) is 6.07 Å². The highest BCUT2D eigenvalue weighted by atomic mass is 16.6. The van der Waals surface area contributed by atoms with E-state index in [4.69, 9.17) is 13.0 Å². The summed E-state index contributed by atoms with van der Waals surface area (Å²) in [5.74, 6) is -0.264. The number of nitro benzene ring substituents is 1. The van der Waals surface area contributed by atoms with Gasteiger partial charge in [-0.3, -0.25) is 15.0 Å². The van der Waals surface area contributed by atoms with Crippen molar-refractivity contribution in [1.29, 1.82) is 0 Å². The Labute approximate surface area is 151 Å². The van der Waals surface area contributed by atoms with Crippen LogP contribution in [0.2, 0.25) is 0 Å². The first-order valence-electron chi connectivity index (χ1n) is 11.2. The van der Waals surface area contributed by atoms with Crippen molar-refractivity contribution in [3.8, 4) is 5.75 Å². The highest BCUT2D eigenvalue weighted by Crippen LogP contribution is 2.32. The number of methoxy groups -OCH3 is 1. The number of benzene rings is 1. The Hall–Kier alpha value is -1.86. The Kier molecular flexibility index (Phi) is 3.34. The van der Waals surface area contributed by atoms with Crippen LogP contribution in [0, 0.1) is 10.1 Å². The van der Waals surface area contributed by atoms with Crippen molar-refractivity contribution in [2.45, 2.75) is 18.9 Å². The molecule has 0 saturated carbocycles. The van der Waals surface area contributed by atoms with Crippen LogP contribution in [-0.4, -0.2) is 74.0 Å². The molecule has 0 aliphatic carbocycles. The number of hydrogen-bond acceptors (Lipinski definition) is 6. The third-order valence-corrected chi connectivity index (χ3v) is 4.91. The van der Waals surface area contributed by atoms with E-state index in [1.165, 1.54) is 17.0 Å². The highest BCUT2D eigenvalue weighted by Gasteiger charge is 2.27. The number of rotatable bonds is 4. The predicted molar refractivity (Wildman–Crippen MR) is 94.0 cm³/mol. The number of ether oxygens (including phenoxy) is 1. The number of hydrogen-bond donors (Lipinski definition) is 0. The van der Waals surface area contributed by atoms with Crippen LogP contribution in [0.4, 0.5) is 11.4 Å². The number of piperidine rings is 1. The van der Waals surface area contributed by atoms with Gasteiger partial charge in [0.05, 0.1) is 16.1 Å². The van der Waals surface area contributed by atoms with Gasteiger partial charge in [0, 0.05) is 67.2 Å². The molecule has 0 aromatic heterocycles. The quantitative estimate of drug-likeness (QED) is 0.615. The Morgan fingerprint density at radius 3 is 2.58 bits per heavy atom. The summed E-state index contributed by atoms with van der Waals surface area (Å²) in [5.41, 5.74) is 0.308. The van der Waals surface area contributed by atoms with Crippen LogP contribution in [-0.2, 0) is 0 Å². The van der Waals surface area contributed by atoms with Gasteiger partial charge in [-0.25, -0.2) is 0 Å². The van der Waals surface area contributed by atoms with Gasteiger partial charge in [-0.2, -0.15) is 0 Å². The summed E-state index contributed by atoms with van der Waals surface area (Å²) < 4.78 is 49.1. The van der Waals surface area contributed by atoms with Gasteiger partial charge in [-0.05, 0) is 25.9 Å². The molecule has 0 amide bonds. The van der Waals surface area contributed by atoms with Crippen LogP contribution in [0.1, 0.15) is 21.1 Å². The molecule has 132 valence electrons. The number of nitro groups is 1. The maximum Gasteiger partial charge on any atom is 0.311 e. The van der Waals surface area contributed by atoms with Crippen LogP contribution in [0.3, 0.4) is 0 Å². The van der Waals surface area contributed by atoms with Gasteiger partial charge in [-0.15, -0.1) is 0 Å². The fourth-order valence-electron chi connectivity index (χ4n) is 3.51. The lowest BCUT2D eigenvalue weighted by Gasteiger charge is -2.42. The zero-order valence-corrected chi connectivity index (χ0v) is 13.5. The smallest absolute Gasteiger partial charge is 0.311 e. The summed E-state index contributed by atoms with van der Waals surface area (Å²) in [7, 11) is -2.77. The third kappa shape index (κ3) is 3.62. The third-order valence-electron chi connectivity index (χ3n) is 4.91. The van der Waals surface area contributed by atoms with E-state index in [0.29, 0.717) is 24.8 Å². The summed E-state index contributed by atoms with van der Waals surface area (Å²) in [5, 5.41) is 11.2. The molecular formula is C17H26N4O3. The van der Waals surface area contributed by atoms with Crippen molar-refractivity contribution in [2.24, 2.45) is 0 Å². The van der Waals surface area contributed by atoms with E-state index in [1.807, 2.05) is 0 Å². The van der Waals surface area contributed by atoms with E-state index in [-0.39, 0.29) is 11.4 Å². The minimum absolute atomic E-state index is 0.264.